The fraction of sp³-hybridized carbons (Fsp3) is 0.0625. The number of hydrogen-bond donors (Lipinski definition) is 1. The number of fused-ring (bicyclic) bond motifs is 1. The Morgan fingerprint density at radius 3 is 2.78 bits per heavy atom. The lowest BCUT2D eigenvalue weighted by Gasteiger charge is -2.01. The van der Waals surface area contributed by atoms with Crippen molar-refractivity contribution < 1.29 is 4.79 Å². The van der Waals surface area contributed by atoms with Gasteiger partial charge in [0, 0.05) is 12.6 Å². The second kappa shape index (κ2) is 5.82. The molecule has 0 saturated heterocycles. The van der Waals surface area contributed by atoms with E-state index in [0.29, 0.717) is 6.54 Å². The van der Waals surface area contributed by atoms with E-state index in [1.807, 2.05) is 30.3 Å². The van der Waals surface area contributed by atoms with Crippen LogP contribution in [0, 0.1) is 0 Å². The Balaban J connectivity index is 2.24. The summed E-state index contributed by atoms with van der Waals surface area (Å²) in [6, 6.07) is 14.2. The van der Waals surface area contributed by atoms with Gasteiger partial charge in [-0.3, -0.25) is 4.79 Å². The normalized spacial score (nSPS) is 10.7. The predicted molar refractivity (Wildman–Crippen MR) is 76.2 cm³/mol. The number of amides is 1. The van der Waals surface area contributed by atoms with Crippen LogP contribution in [0.5, 0.6) is 0 Å². The number of hydrogen-bond acceptors (Lipinski definition) is 1. The molecule has 2 rings (SSSR count). The zero-order chi connectivity index (χ0) is 12.8. The van der Waals surface area contributed by atoms with Crippen molar-refractivity contribution in [3.63, 3.8) is 0 Å². The molecule has 0 saturated carbocycles. The van der Waals surface area contributed by atoms with E-state index >= 15 is 0 Å². The molecule has 2 nitrogen and oxygen atoms in total. The maximum Gasteiger partial charge on any atom is 0.244 e. The number of rotatable bonds is 4. The third kappa shape index (κ3) is 2.86. The van der Waals surface area contributed by atoms with Crippen LogP contribution >= 0.6 is 0 Å². The molecule has 0 radical (unpaired) electrons. The maximum atomic E-state index is 11.5. The first kappa shape index (κ1) is 12.1. The highest BCUT2D eigenvalue weighted by Gasteiger charge is 1.97. The summed E-state index contributed by atoms with van der Waals surface area (Å²) < 4.78 is 0. The van der Waals surface area contributed by atoms with Crippen LogP contribution in [-0.4, -0.2) is 12.5 Å². The zero-order valence-electron chi connectivity index (χ0n) is 10.1. The van der Waals surface area contributed by atoms with Crippen molar-refractivity contribution in [2.45, 2.75) is 0 Å². The van der Waals surface area contributed by atoms with Crippen molar-refractivity contribution in [2.24, 2.45) is 0 Å². The van der Waals surface area contributed by atoms with E-state index in [9.17, 15) is 4.79 Å². The Bertz CT molecular complexity index is 594. The van der Waals surface area contributed by atoms with Gasteiger partial charge < -0.3 is 5.32 Å². The van der Waals surface area contributed by atoms with Crippen LogP contribution in [0.4, 0.5) is 0 Å². The lowest BCUT2D eigenvalue weighted by molar-refractivity contribution is -0.116. The fourth-order valence-corrected chi connectivity index (χ4v) is 1.79. The highest BCUT2D eigenvalue weighted by Crippen LogP contribution is 2.19. The summed E-state index contributed by atoms with van der Waals surface area (Å²) >= 11 is 0. The molecule has 0 aliphatic heterocycles. The lowest BCUT2D eigenvalue weighted by Crippen LogP contribution is -2.20. The zero-order valence-corrected chi connectivity index (χ0v) is 10.1. The summed E-state index contributed by atoms with van der Waals surface area (Å²) in [6.45, 7) is 4.04. The van der Waals surface area contributed by atoms with Crippen LogP contribution in [0.1, 0.15) is 5.56 Å². The largest absolute Gasteiger partial charge is 0.349 e. The highest BCUT2D eigenvalue weighted by atomic mass is 16.1. The van der Waals surface area contributed by atoms with Gasteiger partial charge in [0.15, 0.2) is 0 Å². The molecule has 2 aromatic rings. The Morgan fingerprint density at radius 2 is 1.94 bits per heavy atom. The van der Waals surface area contributed by atoms with Gasteiger partial charge in [-0.15, -0.1) is 6.58 Å². The van der Waals surface area contributed by atoms with E-state index in [-0.39, 0.29) is 5.91 Å². The predicted octanol–water partition coefficient (Wildman–Crippen LogP) is 3.16. The number of nitrogens with one attached hydrogen (secondary N) is 1. The summed E-state index contributed by atoms with van der Waals surface area (Å²) in [4.78, 5) is 11.5. The molecule has 1 amide bonds. The molecule has 0 aromatic heterocycles. The van der Waals surface area contributed by atoms with Crippen LogP contribution < -0.4 is 5.32 Å². The molecule has 18 heavy (non-hydrogen) atoms. The number of benzene rings is 2. The molecule has 0 heterocycles. The Kier molecular flexibility index (Phi) is 3.92. The standard InChI is InChI=1S/C16H15NO/c1-2-12-17-16(18)11-10-14-8-5-7-13-6-3-4-9-15(13)14/h2-11H,1,12H2,(H,17,18)/b11-10+. The maximum absolute atomic E-state index is 11.5. The van der Waals surface area contributed by atoms with Crippen LogP contribution in [0.2, 0.25) is 0 Å². The Labute approximate surface area is 107 Å². The molecular formula is C16H15NO. The lowest BCUT2D eigenvalue weighted by atomic mass is 10.0. The van der Waals surface area contributed by atoms with E-state index in [2.05, 4.69) is 30.1 Å². The smallest absolute Gasteiger partial charge is 0.244 e. The molecule has 0 atom stereocenters. The van der Waals surface area contributed by atoms with Crippen molar-refractivity contribution in [1.29, 1.82) is 0 Å². The first-order chi connectivity index (χ1) is 8.81. The average molecular weight is 237 g/mol. The second-order valence-electron chi connectivity index (χ2n) is 3.94. The summed E-state index contributed by atoms with van der Waals surface area (Å²) in [6.07, 6.45) is 5.04. The molecule has 0 bridgehead atoms. The first-order valence-corrected chi connectivity index (χ1v) is 5.86. The van der Waals surface area contributed by atoms with Gasteiger partial charge in [0.05, 0.1) is 0 Å². The third-order valence-corrected chi connectivity index (χ3v) is 2.66. The SMILES string of the molecule is C=CCNC(=O)/C=C/c1cccc2ccccc12. The minimum atomic E-state index is -0.108. The fourth-order valence-electron chi connectivity index (χ4n) is 1.79. The minimum absolute atomic E-state index is 0.108. The van der Waals surface area contributed by atoms with E-state index in [1.165, 1.54) is 5.39 Å². The quantitative estimate of drug-likeness (QED) is 0.642. The van der Waals surface area contributed by atoms with Gasteiger partial charge in [-0.25, -0.2) is 0 Å². The third-order valence-electron chi connectivity index (χ3n) is 2.66. The van der Waals surface area contributed by atoms with Gasteiger partial charge in [0.1, 0.15) is 0 Å². The van der Waals surface area contributed by atoms with Crippen LogP contribution in [0.15, 0.2) is 61.2 Å². The summed E-state index contributed by atoms with van der Waals surface area (Å²) in [5.74, 6) is -0.108. The Hall–Kier alpha value is -2.35. The van der Waals surface area contributed by atoms with Gasteiger partial charge in [0.2, 0.25) is 5.91 Å². The van der Waals surface area contributed by atoms with E-state index in [1.54, 1.807) is 12.2 Å². The molecule has 0 unspecified atom stereocenters. The monoisotopic (exact) mass is 237 g/mol. The summed E-state index contributed by atoms with van der Waals surface area (Å²) in [5, 5.41) is 5.03. The van der Waals surface area contributed by atoms with Gasteiger partial charge in [-0.1, -0.05) is 48.5 Å². The highest BCUT2D eigenvalue weighted by molar-refractivity contribution is 5.96. The van der Waals surface area contributed by atoms with Gasteiger partial charge in [0.25, 0.3) is 0 Å². The molecule has 90 valence electrons. The molecule has 1 N–H and O–H groups in total. The van der Waals surface area contributed by atoms with Crippen LogP contribution in [-0.2, 0) is 4.79 Å². The van der Waals surface area contributed by atoms with Crippen molar-refractivity contribution in [3.05, 3.63) is 66.8 Å². The van der Waals surface area contributed by atoms with E-state index in [0.717, 1.165) is 10.9 Å². The minimum Gasteiger partial charge on any atom is -0.349 e. The van der Waals surface area contributed by atoms with Crippen molar-refractivity contribution in [3.8, 4) is 0 Å². The average Bonchev–Trinajstić information content (AvgIpc) is 2.42. The van der Waals surface area contributed by atoms with Crippen molar-refractivity contribution in [1.82, 2.24) is 5.32 Å². The van der Waals surface area contributed by atoms with E-state index < -0.39 is 0 Å². The molecule has 0 fully saturated rings. The van der Waals surface area contributed by atoms with Crippen molar-refractivity contribution in [2.75, 3.05) is 6.54 Å². The Morgan fingerprint density at radius 1 is 1.17 bits per heavy atom. The molecular weight excluding hydrogens is 222 g/mol. The van der Waals surface area contributed by atoms with Crippen molar-refractivity contribution >= 4 is 22.8 Å². The summed E-state index contributed by atoms with van der Waals surface area (Å²) in [7, 11) is 0. The molecule has 0 aliphatic rings. The van der Waals surface area contributed by atoms with Crippen LogP contribution in [0.3, 0.4) is 0 Å². The van der Waals surface area contributed by atoms with Gasteiger partial charge in [-0.2, -0.15) is 0 Å². The number of carbonyl (C=O) groups is 1. The van der Waals surface area contributed by atoms with E-state index in [4.69, 9.17) is 0 Å². The molecule has 0 spiro atoms. The van der Waals surface area contributed by atoms with Crippen LogP contribution in [0.25, 0.3) is 16.8 Å². The molecule has 2 heteroatoms. The molecule has 0 aliphatic carbocycles. The molecule has 2 aromatic carbocycles. The topological polar surface area (TPSA) is 29.1 Å². The number of carbonyl (C=O) groups excluding carboxylic acids is 1. The second-order valence-corrected chi connectivity index (χ2v) is 3.94. The summed E-state index contributed by atoms with van der Waals surface area (Å²) in [5.41, 5.74) is 1.04. The first-order valence-electron chi connectivity index (χ1n) is 5.86. The van der Waals surface area contributed by atoms with Gasteiger partial charge in [-0.05, 0) is 22.4 Å². The van der Waals surface area contributed by atoms with Gasteiger partial charge >= 0.3 is 0 Å².